The molecule has 0 spiro atoms. The predicted octanol–water partition coefficient (Wildman–Crippen LogP) is 6.14. The molecule has 2 aliphatic rings. The van der Waals surface area contributed by atoms with Gasteiger partial charge in [0, 0.05) is 16.7 Å². The van der Waals surface area contributed by atoms with Crippen molar-refractivity contribution in [1.29, 1.82) is 0 Å². The number of carbonyl (C=O) groups excluding carboxylic acids is 2. The lowest BCUT2D eigenvalue weighted by atomic mass is 9.83. The molecule has 30 heavy (non-hydrogen) atoms. The van der Waals surface area contributed by atoms with Crippen LogP contribution in [0, 0.1) is 19.8 Å². The smallest absolute Gasteiger partial charge is 0.237 e. The van der Waals surface area contributed by atoms with Crippen molar-refractivity contribution in [2.24, 2.45) is 11.7 Å². The standard InChI is InChI=1S/C19H15NO3.C7H14/c1-9-4-3-5-12-11(9)6-7-13-16(12)18(22)17(21)15-10(2)14(8-20)23-19(13)15;1-7-5-3-2-4-6-7/h3-7H,8,20H2,1-2H3;7H,2-6H2,1H3. The van der Waals surface area contributed by atoms with E-state index >= 15 is 0 Å². The van der Waals surface area contributed by atoms with Gasteiger partial charge in [-0.25, -0.2) is 0 Å². The van der Waals surface area contributed by atoms with Crippen LogP contribution in [0.15, 0.2) is 34.7 Å². The van der Waals surface area contributed by atoms with Gasteiger partial charge < -0.3 is 10.2 Å². The minimum absolute atomic E-state index is 0.197. The molecule has 1 aromatic heterocycles. The van der Waals surface area contributed by atoms with Gasteiger partial charge in [-0.05, 0) is 42.2 Å². The monoisotopic (exact) mass is 403 g/mol. The van der Waals surface area contributed by atoms with Gasteiger partial charge in [0.2, 0.25) is 11.6 Å². The van der Waals surface area contributed by atoms with Crippen molar-refractivity contribution in [2.45, 2.75) is 59.4 Å². The molecule has 4 nitrogen and oxygen atoms in total. The topological polar surface area (TPSA) is 73.3 Å². The highest BCUT2D eigenvalue weighted by atomic mass is 16.3. The van der Waals surface area contributed by atoms with Gasteiger partial charge in [-0.1, -0.05) is 63.3 Å². The van der Waals surface area contributed by atoms with Crippen LogP contribution in [-0.2, 0) is 6.54 Å². The lowest BCUT2D eigenvalue weighted by Gasteiger charge is -2.16. The van der Waals surface area contributed by atoms with E-state index in [0.29, 0.717) is 33.8 Å². The van der Waals surface area contributed by atoms with Crippen molar-refractivity contribution in [2.75, 3.05) is 0 Å². The van der Waals surface area contributed by atoms with Gasteiger partial charge in [-0.3, -0.25) is 9.59 Å². The molecule has 4 heteroatoms. The number of nitrogens with two attached hydrogens (primary N) is 1. The molecule has 156 valence electrons. The number of benzene rings is 2. The molecular formula is C26H29NO3. The fraction of sp³-hybridized carbons (Fsp3) is 0.385. The summed E-state index contributed by atoms with van der Waals surface area (Å²) in [5.74, 6) is 1.06. The number of hydrogen-bond acceptors (Lipinski definition) is 4. The SMILES string of the molecule is CC1CCCCC1.Cc1c(CN)oc2c1C(=O)C(=O)c1c-2ccc2c(C)cccc12. The zero-order valence-corrected chi connectivity index (χ0v) is 18.0. The zero-order valence-electron chi connectivity index (χ0n) is 18.0. The summed E-state index contributed by atoms with van der Waals surface area (Å²) < 4.78 is 5.81. The summed E-state index contributed by atoms with van der Waals surface area (Å²) in [6, 6.07) is 9.58. The first kappa shape index (κ1) is 20.5. The van der Waals surface area contributed by atoms with Gasteiger partial charge in [0.15, 0.2) is 0 Å². The van der Waals surface area contributed by atoms with Crippen molar-refractivity contribution in [3.05, 3.63) is 58.3 Å². The van der Waals surface area contributed by atoms with Crippen LogP contribution < -0.4 is 5.73 Å². The van der Waals surface area contributed by atoms with Crippen LogP contribution in [0.25, 0.3) is 22.1 Å². The Morgan fingerprint density at radius 2 is 1.63 bits per heavy atom. The van der Waals surface area contributed by atoms with Crippen molar-refractivity contribution in [3.63, 3.8) is 0 Å². The fourth-order valence-electron chi connectivity index (χ4n) is 4.70. The Balaban J connectivity index is 0.000000265. The Bertz CT molecular complexity index is 1130. The maximum absolute atomic E-state index is 12.7. The summed E-state index contributed by atoms with van der Waals surface area (Å²) in [6.45, 7) is 6.31. The minimum Gasteiger partial charge on any atom is -0.459 e. The van der Waals surface area contributed by atoms with Crippen LogP contribution in [0.4, 0.5) is 0 Å². The molecule has 3 aromatic rings. The third-order valence-electron chi connectivity index (χ3n) is 6.51. The second-order valence-corrected chi connectivity index (χ2v) is 8.62. The van der Waals surface area contributed by atoms with E-state index in [4.69, 9.17) is 10.2 Å². The van der Waals surface area contributed by atoms with Crippen molar-refractivity contribution < 1.29 is 14.0 Å². The van der Waals surface area contributed by atoms with Crippen LogP contribution in [0.3, 0.4) is 0 Å². The Morgan fingerprint density at radius 1 is 0.933 bits per heavy atom. The first-order valence-electron chi connectivity index (χ1n) is 10.9. The van der Waals surface area contributed by atoms with Crippen molar-refractivity contribution in [3.8, 4) is 11.3 Å². The summed E-state index contributed by atoms with van der Waals surface area (Å²) >= 11 is 0. The number of aryl methyl sites for hydroxylation is 1. The molecule has 0 radical (unpaired) electrons. The molecule has 2 aliphatic carbocycles. The number of fused-ring (bicyclic) bond motifs is 5. The Labute approximate surface area is 177 Å². The van der Waals surface area contributed by atoms with Crippen LogP contribution in [0.2, 0.25) is 0 Å². The summed E-state index contributed by atoms with van der Waals surface area (Å²) in [4.78, 5) is 25.3. The molecular weight excluding hydrogens is 374 g/mol. The van der Waals surface area contributed by atoms with E-state index in [0.717, 1.165) is 22.3 Å². The normalized spacial score (nSPS) is 16.1. The van der Waals surface area contributed by atoms with E-state index in [2.05, 4.69) is 6.92 Å². The van der Waals surface area contributed by atoms with Crippen LogP contribution in [-0.4, -0.2) is 11.6 Å². The van der Waals surface area contributed by atoms with Crippen LogP contribution >= 0.6 is 0 Å². The van der Waals surface area contributed by atoms with Crippen LogP contribution in [0.1, 0.15) is 76.6 Å². The van der Waals surface area contributed by atoms with E-state index < -0.39 is 11.6 Å². The number of rotatable bonds is 1. The molecule has 0 atom stereocenters. The molecule has 2 N–H and O–H groups in total. The van der Waals surface area contributed by atoms with Gasteiger partial charge in [0.25, 0.3) is 0 Å². The summed E-state index contributed by atoms with van der Waals surface area (Å²) in [5, 5.41) is 1.76. The second-order valence-electron chi connectivity index (χ2n) is 8.62. The van der Waals surface area contributed by atoms with Crippen LogP contribution in [0.5, 0.6) is 0 Å². The first-order chi connectivity index (χ1) is 14.4. The summed E-state index contributed by atoms with van der Waals surface area (Å²) in [6.07, 6.45) is 7.44. The maximum Gasteiger partial charge on any atom is 0.237 e. The third kappa shape index (κ3) is 3.39. The van der Waals surface area contributed by atoms with E-state index in [1.807, 2.05) is 37.3 Å². The average molecular weight is 404 g/mol. The highest BCUT2D eigenvalue weighted by molar-refractivity contribution is 6.54. The number of Topliss-reactive ketones (excluding diaryl/α,β-unsaturated/α-hetero) is 2. The van der Waals surface area contributed by atoms with Gasteiger partial charge in [0.05, 0.1) is 12.1 Å². The number of hydrogen-bond donors (Lipinski definition) is 1. The summed E-state index contributed by atoms with van der Waals surface area (Å²) in [7, 11) is 0. The predicted molar refractivity (Wildman–Crippen MR) is 120 cm³/mol. The molecule has 0 amide bonds. The first-order valence-corrected chi connectivity index (χ1v) is 10.9. The van der Waals surface area contributed by atoms with E-state index in [9.17, 15) is 9.59 Å². The molecule has 0 saturated heterocycles. The highest BCUT2D eigenvalue weighted by Gasteiger charge is 2.37. The van der Waals surface area contributed by atoms with Gasteiger partial charge in [-0.2, -0.15) is 0 Å². The largest absolute Gasteiger partial charge is 0.459 e. The average Bonchev–Trinajstić information content (AvgIpc) is 3.09. The van der Waals surface area contributed by atoms with Crippen molar-refractivity contribution in [1.82, 2.24) is 0 Å². The van der Waals surface area contributed by atoms with E-state index in [1.54, 1.807) is 6.92 Å². The Kier molecular flexibility index (Phi) is 5.61. The quantitative estimate of drug-likeness (QED) is 0.495. The van der Waals surface area contributed by atoms with E-state index in [-0.39, 0.29) is 6.54 Å². The maximum atomic E-state index is 12.7. The Hall–Kier alpha value is -2.72. The summed E-state index contributed by atoms with van der Waals surface area (Å²) in [5.41, 5.74) is 8.87. The highest BCUT2D eigenvalue weighted by Crippen LogP contribution is 2.41. The van der Waals surface area contributed by atoms with Gasteiger partial charge >= 0.3 is 0 Å². The lowest BCUT2D eigenvalue weighted by Crippen LogP contribution is -2.21. The molecule has 2 aromatic carbocycles. The van der Waals surface area contributed by atoms with Gasteiger partial charge in [-0.15, -0.1) is 0 Å². The zero-order chi connectivity index (χ0) is 21.4. The third-order valence-corrected chi connectivity index (χ3v) is 6.51. The number of ketones is 2. The molecule has 5 rings (SSSR count). The fourth-order valence-corrected chi connectivity index (χ4v) is 4.70. The molecule has 0 bridgehead atoms. The molecule has 1 saturated carbocycles. The Morgan fingerprint density at radius 3 is 2.27 bits per heavy atom. The van der Waals surface area contributed by atoms with E-state index in [1.165, 1.54) is 32.1 Å². The second kappa shape index (κ2) is 8.19. The van der Waals surface area contributed by atoms with Gasteiger partial charge in [0.1, 0.15) is 11.5 Å². The minimum atomic E-state index is -0.512. The molecule has 1 fully saturated rings. The number of furan rings is 1. The molecule has 0 unspecified atom stereocenters. The lowest BCUT2D eigenvalue weighted by molar-refractivity contribution is 0.0815. The molecule has 1 heterocycles. The van der Waals surface area contributed by atoms with Crippen molar-refractivity contribution >= 4 is 22.3 Å². The molecule has 0 aliphatic heterocycles. The number of carbonyl (C=O) groups is 2.